The Labute approximate surface area is 171 Å². The number of halogens is 2. The first-order valence-electron chi connectivity index (χ1n) is 8.97. The number of benzene rings is 1. The molecule has 2 aliphatic rings. The van der Waals surface area contributed by atoms with E-state index in [1.54, 1.807) is 29.2 Å². The van der Waals surface area contributed by atoms with Gasteiger partial charge < -0.3 is 5.32 Å². The van der Waals surface area contributed by atoms with E-state index in [9.17, 15) is 4.79 Å². The highest BCUT2D eigenvalue weighted by Gasteiger charge is 2.37. The predicted molar refractivity (Wildman–Crippen MR) is 107 cm³/mol. The summed E-state index contributed by atoms with van der Waals surface area (Å²) in [6.07, 6.45) is 5.67. The molecule has 1 N–H and O–H groups in total. The van der Waals surface area contributed by atoms with Crippen molar-refractivity contribution in [1.29, 1.82) is 0 Å². The van der Waals surface area contributed by atoms with Gasteiger partial charge in [-0.2, -0.15) is 4.98 Å². The van der Waals surface area contributed by atoms with E-state index in [4.69, 9.17) is 28.3 Å². The quantitative estimate of drug-likeness (QED) is 0.663. The SMILES string of the molecule is O=C1CCCC2=C1C(c1cccnc1)n1nc(-c3ccc(Cl)c(Cl)c3)nc1N2. The Hall–Kier alpha value is -2.70. The molecule has 0 amide bonds. The summed E-state index contributed by atoms with van der Waals surface area (Å²) in [5.74, 6) is 1.26. The molecule has 3 heterocycles. The van der Waals surface area contributed by atoms with Crippen LogP contribution in [0.15, 0.2) is 54.0 Å². The predicted octanol–water partition coefficient (Wildman–Crippen LogP) is 4.67. The molecule has 1 aliphatic carbocycles. The van der Waals surface area contributed by atoms with E-state index in [2.05, 4.69) is 15.3 Å². The van der Waals surface area contributed by atoms with E-state index in [0.717, 1.165) is 35.2 Å². The smallest absolute Gasteiger partial charge is 0.226 e. The van der Waals surface area contributed by atoms with Crippen LogP contribution in [0.25, 0.3) is 11.4 Å². The number of aromatic nitrogens is 4. The second kappa shape index (κ2) is 6.72. The number of allylic oxidation sites excluding steroid dienone is 2. The number of carbonyl (C=O) groups excluding carboxylic acids is 1. The lowest BCUT2D eigenvalue weighted by atomic mass is 9.86. The monoisotopic (exact) mass is 411 g/mol. The van der Waals surface area contributed by atoms with E-state index in [0.29, 0.717) is 28.2 Å². The van der Waals surface area contributed by atoms with E-state index in [1.165, 1.54) is 0 Å². The summed E-state index contributed by atoms with van der Waals surface area (Å²) in [5, 5.41) is 8.93. The fraction of sp³-hybridized carbons (Fsp3) is 0.200. The lowest BCUT2D eigenvalue weighted by Gasteiger charge is -2.31. The molecule has 0 spiro atoms. The first-order valence-corrected chi connectivity index (χ1v) is 9.72. The van der Waals surface area contributed by atoms with Crippen LogP contribution in [0, 0.1) is 0 Å². The molecule has 0 fully saturated rings. The first-order chi connectivity index (χ1) is 13.6. The van der Waals surface area contributed by atoms with Gasteiger partial charge in [0.15, 0.2) is 11.6 Å². The summed E-state index contributed by atoms with van der Waals surface area (Å²) in [4.78, 5) is 21.7. The normalized spacial score (nSPS) is 18.5. The first kappa shape index (κ1) is 17.4. The Bertz CT molecular complexity index is 1120. The lowest BCUT2D eigenvalue weighted by Crippen LogP contribution is -2.31. The van der Waals surface area contributed by atoms with Crippen molar-refractivity contribution in [3.63, 3.8) is 0 Å². The zero-order valence-electron chi connectivity index (χ0n) is 14.7. The molecular formula is C20H15Cl2N5O. The van der Waals surface area contributed by atoms with Crippen LogP contribution in [0.2, 0.25) is 10.0 Å². The van der Waals surface area contributed by atoms with Crippen LogP contribution in [0.4, 0.5) is 5.95 Å². The number of anilines is 1. The van der Waals surface area contributed by atoms with E-state index in [1.807, 2.05) is 18.2 Å². The molecule has 1 atom stereocenters. The van der Waals surface area contributed by atoms with Gasteiger partial charge in [0.25, 0.3) is 0 Å². The summed E-state index contributed by atoms with van der Waals surface area (Å²) in [7, 11) is 0. The van der Waals surface area contributed by atoms with Crippen molar-refractivity contribution < 1.29 is 4.79 Å². The highest BCUT2D eigenvalue weighted by atomic mass is 35.5. The van der Waals surface area contributed by atoms with Gasteiger partial charge in [-0.15, -0.1) is 5.10 Å². The molecule has 3 aromatic rings. The van der Waals surface area contributed by atoms with E-state index in [-0.39, 0.29) is 11.8 Å². The lowest BCUT2D eigenvalue weighted by molar-refractivity contribution is -0.116. The average Bonchev–Trinajstić information content (AvgIpc) is 3.13. The van der Waals surface area contributed by atoms with Crippen molar-refractivity contribution in [2.75, 3.05) is 5.32 Å². The van der Waals surface area contributed by atoms with Gasteiger partial charge in [0.1, 0.15) is 6.04 Å². The zero-order valence-corrected chi connectivity index (χ0v) is 16.2. The highest BCUT2D eigenvalue weighted by molar-refractivity contribution is 6.42. The number of hydrogen-bond donors (Lipinski definition) is 1. The third-order valence-electron chi connectivity index (χ3n) is 5.05. The number of hydrogen-bond acceptors (Lipinski definition) is 5. The molecule has 28 heavy (non-hydrogen) atoms. The van der Waals surface area contributed by atoms with E-state index < -0.39 is 0 Å². The minimum atomic E-state index is -0.350. The maximum absolute atomic E-state index is 12.8. The molecule has 140 valence electrons. The Morgan fingerprint density at radius 2 is 2.04 bits per heavy atom. The van der Waals surface area contributed by atoms with Crippen molar-refractivity contribution in [2.45, 2.75) is 25.3 Å². The van der Waals surface area contributed by atoms with Crippen LogP contribution in [0.5, 0.6) is 0 Å². The molecule has 1 aromatic carbocycles. The van der Waals surface area contributed by atoms with Crippen LogP contribution in [0.1, 0.15) is 30.9 Å². The van der Waals surface area contributed by atoms with Gasteiger partial charge in [-0.05, 0) is 42.7 Å². The summed E-state index contributed by atoms with van der Waals surface area (Å²) in [6, 6.07) is 8.76. The minimum absolute atomic E-state index is 0.139. The molecule has 5 rings (SSSR count). The Kier molecular flexibility index (Phi) is 4.18. The fourth-order valence-electron chi connectivity index (χ4n) is 3.76. The number of nitrogens with zero attached hydrogens (tertiary/aromatic N) is 4. The number of Topliss-reactive ketones (excluding diaryl/α,β-unsaturated/α-hetero) is 1. The van der Waals surface area contributed by atoms with Crippen molar-refractivity contribution in [1.82, 2.24) is 19.7 Å². The Morgan fingerprint density at radius 1 is 1.14 bits per heavy atom. The summed E-state index contributed by atoms with van der Waals surface area (Å²) in [6.45, 7) is 0. The molecular weight excluding hydrogens is 397 g/mol. The van der Waals surface area contributed by atoms with Gasteiger partial charge in [-0.1, -0.05) is 29.3 Å². The van der Waals surface area contributed by atoms with Gasteiger partial charge in [0.2, 0.25) is 5.95 Å². The topological polar surface area (TPSA) is 72.7 Å². The molecule has 1 unspecified atom stereocenters. The third-order valence-corrected chi connectivity index (χ3v) is 5.79. The second-order valence-electron chi connectivity index (χ2n) is 6.82. The van der Waals surface area contributed by atoms with Crippen molar-refractivity contribution in [2.24, 2.45) is 0 Å². The van der Waals surface area contributed by atoms with Crippen LogP contribution >= 0.6 is 23.2 Å². The van der Waals surface area contributed by atoms with Crippen molar-refractivity contribution >= 4 is 34.9 Å². The largest absolute Gasteiger partial charge is 0.328 e. The number of ketones is 1. The highest BCUT2D eigenvalue weighted by Crippen LogP contribution is 2.40. The van der Waals surface area contributed by atoms with Gasteiger partial charge in [0.05, 0.1) is 10.0 Å². The van der Waals surface area contributed by atoms with Crippen LogP contribution < -0.4 is 5.32 Å². The number of fused-ring (bicyclic) bond motifs is 1. The third kappa shape index (κ3) is 2.80. The number of nitrogens with one attached hydrogen (secondary N) is 1. The van der Waals surface area contributed by atoms with E-state index >= 15 is 0 Å². The molecule has 1 aliphatic heterocycles. The molecule has 8 heteroatoms. The summed E-state index contributed by atoms with van der Waals surface area (Å²) in [5.41, 5.74) is 3.33. The maximum atomic E-state index is 12.8. The average molecular weight is 412 g/mol. The molecule has 0 radical (unpaired) electrons. The van der Waals surface area contributed by atoms with Gasteiger partial charge in [-0.25, -0.2) is 4.68 Å². The summed E-state index contributed by atoms with van der Waals surface area (Å²) >= 11 is 12.2. The minimum Gasteiger partial charge on any atom is -0.328 e. The number of rotatable bonds is 2. The number of carbonyl (C=O) groups is 1. The fourth-order valence-corrected chi connectivity index (χ4v) is 4.06. The van der Waals surface area contributed by atoms with Gasteiger partial charge in [-0.3, -0.25) is 9.78 Å². The maximum Gasteiger partial charge on any atom is 0.226 e. The Balaban J connectivity index is 1.67. The molecule has 2 aromatic heterocycles. The van der Waals surface area contributed by atoms with Crippen molar-refractivity contribution in [3.05, 3.63) is 69.6 Å². The van der Waals surface area contributed by atoms with Gasteiger partial charge >= 0.3 is 0 Å². The zero-order chi connectivity index (χ0) is 19.3. The standard InChI is InChI=1S/C20H15Cl2N5O/c21-13-7-6-11(9-14(13)22)19-25-20-24-15-4-1-5-16(28)17(15)18(27(20)26-19)12-3-2-8-23-10-12/h2-3,6-10,18H,1,4-5H2,(H,24,25,26). The van der Waals surface area contributed by atoms with Crippen LogP contribution in [-0.2, 0) is 4.79 Å². The van der Waals surface area contributed by atoms with Gasteiger partial charge in [0, 0.05) is 35.6 Å². The number of pyridine rings is 1. The molecule has 0 bridgehead atoms. The molecule has 6 nitrogen and oxygen atoms in total. The van der Waals surface area contributed by atoms with Crippen molar-refractivity contribution in [3.8, 4) is 11.4 Å². The van der Waals surface area contributed by atoms with Crippen LogP contribution in [-0.4, -0.2) is 25.5 Å². The second-order valence-corrected chi connectivity index (χ2v) is 7.63. The molecule has 0 saturated carbocycles. The Morgan fingerprint density at radius 3 is 2.82 bits per heavy atom. The summed E-state index contributed by atoms with van der Waals surface area (Å²) < 4.78 is 1.76. The van der Waals surface area contributed by atoms with Crippen LogP contribution in [0.3, 0.4) is 0 Å². The molecule has 0 saturated heterocycles.